The lowest BCUT2D eigenvalue weighted by molar-refractivity contribution is -0.136. The fourth-order valence-electron chi connectivity index (χ4n) is 3.02. The summed E-state index contributed by atoms with van der Waals surface area (Å²) < 4.78 is 5.31. The molecule has 1 N–H and O–H groups in total. The van der Waals surface area contributed by atoms with Gasteiger partial charge in [-0.1, -0.05) is 12.1 Å². The largest absolute Gasteiger partial charge is 0.496 e. The Morgan fingerprint density at radius 3 is 2.90 bits per heavy atom. The van der Waals surface area contributed by atoms with Crippen molar-refractivity contribution in [1.82, 2.24) is 4.90 Å². The molecule has 0 aliphatic carbocycles. The molecule has 0 bridgehead atoms. The number of piperidine rings is 1. The first-order chi connectivity index (χ1) is 10.0. The van der Waals surface area contributed by atoms with Crippen molar-refractivity contribution in [2.24, 2.45) is 0 Å². The van der Waals surface area contributed by atoms with Crippen molar-refractivity contribution in [1.29, 1.82) is 0 Å². The zero-order valence-corrected chi connectivity index (χ0v) is 13.1. The number of carbonyl (C=O) groups is 1. The number of nitrogens with zero attached hydrogens (tertiary/aromatic N) is 1. The van der Waals surface area contributed by atoms with Crippen LogP contribution in [0, 0.1) is 6.92 Å². The van der Waals surface area contributed by atoms with Crippen LogP contribution in [0.1, 0.15) is 37.3 Å². The number of methoxy groups -OCH3 is 1. The maximum Gasteiger partial charge on any atom is 0.227 e. The Bertz CT molecular complexity index is 499. The third kappa shape index (κ3) is 3.76. The number of aliphatic hydroxyl groups is 1. The zero-order valence-electron chi connectivity index (χ0n) is 13.1. The molecule has 1 aromatic rings. The highest BCUT2D eigenvalue weighted by atomic mass is 16.5. The summed E-state index contributed by atoms with van der Waals surface area (Å²) in [5.41, 5.74) is 2.02. The van der Waals surface area contributed by atoms with Gasteiger partial charge in [-0.25, -0.2) is 0 Å². The minimum atomic E-state index is -0.471. The minimum absolute atomic E-state index is 0.0430. The second kappa shape index (κ2) is 6.94. The minimum Gasteiger partial charge on any atom is -0.496 e. The van der Waals surface area contributed by atoms with Gasteiger partial charge in [-0.3, -0.25) is 4.79 Å². The Labute approximate surface area is 126 Å². The van der Waals surface area contributed by atoms with E-state index in [0.29, 0.717) is 6.42 Å². The normalized spacial score (nSPS) is 20.2. The Balaban J connectivity index is 2.09. The number of aryl methyl sites for hydroxylation is 1. The van der Waals surface area contributed by atoms with Gasteiger partial charge in [0, 0.05) is 6.54 Å². The average Bonchev–Trinajstić information content (AvgIpc) is 2.49. The van der Waals surface area contributed by atoms with Gasteiger partial charge in [0.15, 0.2) is 0 Å². The average molecular weight is 291 g/mol. The first-order valence-corrected chi connectivity index (χ1v) is 7.64. The fourth-order valence-corrected chi connectivity index (χ4v) is 3.02. The molecular weight excluding hydrogens is 266 g/mol. The van der Waals surface area contributed by atoms with Crippen LogP contribution in [-0.4, -0.2) is 41.7 Å². The second-order valence-corrected chi connectivity index (χ2v) is 5.87. The Hall–Kier alpha value is -1.55. The van der Waals surface area contributed by atoms with Gasteiger partial charge in [0.1, 0.15) is 5.75 Å². The van der Waals surface area contributed by atoms with Crippen molar-refractivity contribution in [3.63, 3.8) is 0 Å². The van der Waals surface area contributed by atoms with Gasteiger partial charge in [-0.05, 0) is 50.3 Å². The number of rotatable bonds is 4. The first kappa shape index (κ1) is 15.8. The summed E-state index contributed by atoms with van der Waals surface area (Å²) in [5, 5.41) is 9.87. The molecule has 4 nitrogen and oxygen atoms in total. The summed E-state index contributed by atoms with van der Waals surface area (Å²) in [6, 6.07) is 5.83. The number of benzene rings is 1. The molecule has 4 heteroatoms. The van der Waals surface area contributed by atoms with Crippen molar-refractivity contribution in [3.05, 3.63) is 29.3 Å². The quantitative estimate of drug-likeness (QED) is 0.926. The van der Waals surface area contributed by atoms with Crippen LogP contribution in [0.2, 0.25) is 0 Å². The smallest absolute Gasteiger partial charge is 0.227 e. The monoisotopic (exact) mass is 291 g/mol. The molecule has 1 aliphatic rings. The number of likely N-dealkylation sites (tertiary alicyclic amines) is 1. The summed E-state index contributed by atoms with van der Waals surface area (Å²) >= 11 is 0. The molecule has 1 amide bonds. The molecule has 2 atom stereocenters. The van der Waals surface area contributed by atoms with Gasteiger partial charge in [0.2, 0.25) is 5.91 Å². The van der Waals surface area contributed by atoms with E-state index in [0.717, 1.165) is 42.7 Å². The van der Waals surface area contributed by atoms with E-state index >= 15 is 0 Å². The highest BCUT2D eigenvalue weighted by molar-refractivity contribution is 5.79. The van der Waals surface area contributed by atoms with E-state index in [1.165, 1.54) is 0 Å². The molecule has 116 valence electrons. The number of carbonyl (C=O) groups excluding carboxylic acids is 1. The van der Waals surface area contributed by atoms with Crippen LogP contribution in [0.4, 0.5) is 0 Å². The predicted octanol–water partition coefficient (Wildman–Crippen LogP) is 2.31. The van der Waals surface area contributed by atoms with Gasteiger partial charge in [-0.2, -0.15) is 0 Å². The third-order valence-corrected chi connectivity index (χ3v) is 4.25. The first-order valence-electron chi connectivity index (χ1n) is 7.64. The fraction of sp³-hybridized carbons (Fsp3) is 0.588. The molecule has 1 heterocycles. The maximum atomic E-state index is 12.5. The molecule has 0 unspecified atom stereocenters. The number of hydrogen-bond donors (Lipinski definition) is 1. The lowest BCUT2D eigenvalue weighted by Gasteiger charge is -2.37. The lowest BCUT2D eigenvalue weighted by atomic mass is 9.97. The molecule has 1 aliphatic heterocycles. The van der Waals surface area contributed by atoms with Gasteiger partial charge in [0.25, 0.3) is 0 Å². The second-order valence-electron chi connectivity index (χ2n) is 5.87. The van der Waals surface area contributed by atoms with E-state index in [1.807, 2.05) is 30.0 Å². The molecule has 2 rings (SSSR count). The number of aliphatic hydroxyl groups excluding tert-OH is 1. The van der Waals surface area contributed by atoms with Crippen LogP contribution in [0.25, 0.3) is 0 Å². The van der Waals surface area contributed by atoms with E-state index in [2.05, 4.69) is 0 Å². The van der Waals surface area contributed by atoms with Gasteiger partial charge < -0.3 is 14.7 Å². The molecule has 0 radical (unpaired) electrons. The van der Waals surface area contributed by atoms with Crippen LogP contribution < -0.4 is 4.74 Å². The zero-order chi connectivity index (χ0) is 15.4. The number of amides is 1. The summed E-state index contributed by atoms with van der Waals surface area (Å²) in [7, 11) is 1.64. The van der Waals surface area contributed by atoms with Crippen LogP contribution >= 0.6 is 0 Å². The third-order valence-electron chi connectivity index (χ3n) is 4.25. The number of hydrogen-bond acceptors (Lipinski definition) is 3. The van der Waals surface area contributed by atoms with Crippen molar-refractivity contribution >= 4 is 5.91 Å². The van der Waals surface area contributed by atoms with Crippen LogP contribution in [-0.2, 0) is 11.2 Å². The Morgan fingerprint density at radius 2 is 2.24 bits per heavy atom. The van der Waals surface area contributed by atoms with Crippen molar-refractivity contribution in [2.45, 2.75) is 51.7 Å². The standard InChI is InChI=1S/C17H25NO3/c1-12-7-8-14(10-16(12)21-3)11-17(20)18-9-5-4-6-15(18)13(2)19/h7-8,10,13,15,19H,4-6,9,11H2,1-3H3/t13-,15-/m1/s1. The van der Waals surface area contributed by atoms with E-state index in [4.69, 9.17) is 4.74 Å². The molecule has 0 spiro atoms. The van der Waals surface area contributed by atoms with Crippen molar-refractivity contribution < 1.29 is 14.6 Å². The molecule has 1 aromatic carbocycles. The predicted molar refractivity (Wildman–Crippen MR) is 82.5 cm³/mol. The molecule has 1 fully saturated rings. The molecule has 0 saturated carbocycles. The van der Waals surface area contributed by atoms with Crippen molar-refractivity contribution in [2.75, 3.05) is 13.7 Å². The summed E-state index contributed by atoms with van der Waals surface area (Å²) in [6.45, 7) is 4.50. The van der Waals surface area contributed by atoms with Crippen LogP contribution in [0.5, 0.6) is 5.75 Å². The van der Waals surface area contributed by atoms with Crippen molar-refractivity contribution in [3.8, 4) is 5.75 Å². The topological polar surface area (TPSA) is 49.8 Å². The molecule has 1 saturated heterocycles. The SMILES string of the molecule is COc1cc(CC(=O)N2CCCC[C@@H]2[C@@H](C)O)ccc1C. The maximum absolute atomic E-state index is 12.5. The highest BCUT2D eigenvalue weighted by Gasteiger charge is 2.29. The van der Waals surface area contributed by atoms with E-state index in [1.54, 1.807) is 14.0 Å². The Morgan fingerprint density at radius 1 is 1.48 bits per heavy atom. The van der Waals surface area contributed by atoms with Gasteiger partial charge >= 0.3 is 0 Å². The molecular formula is C17H25NO3. The van der Waals surface area contributed by atoms with Gasteiger partial charge in [0.05, 0.1) is 25.7 Å². The van der Waals surface area contributed by atoms with E-state index in [9.17, 15) is 9.90 Å². The number of ether oxygens (including phenoxy) is 1. The molecule has 0 aromatic heterocycles. The summed E-state index contributed by atoms with van der Waals surface area (Å²) in [5.74, 6) is 0.900. The summed E-state index contributed by atoms with van der Waals surface area (Å²) in [6.07, 6.45) is 2.88. The van der Waals surface area contributed by atoms with Crippen LogP contribution in [0.15, 0.2) is 18.2 Å². The van der Waals surface area contributed by atoms with E-state index < -0.39 is 6.10 Å². The Kier molecular flexibility index (Phi) is 5.23. The van der Waals surface area contributed by atoms with Gasteiger partial charge in [-0.15, -0.1) is 0 Å². The molecule has 21 heavy (non-hydrogen) atoms. The van der Waals surface area contributed by atoms with Crippen LogP contribution in [0.3, 0.4) is 0 Å². The summed E-state index contributed by atoms with van der Waals surface area (Å²) in [4.78, 5) is 14.4. The highest BCUT2D eigenvalue weighted by Crippen LogP contribution is 2.23. The van der Waals surface area contributed by atoms with E-state index in [-0.39, 0.29) is 11.9 Å². The lowest BCUT2D eigenvalue weighted by Crippen LogP contribution is -2.49.